The summed E-state index contributed by atoms with van der Waals surface area (Å²) in [5, 5.41) is 11.8. The van der Waals surface area contributed by atoms with Crippen molar-refractivity contribution in [3.8, 4) is 0 Å². The first kappa shape index (κ1) is 31.9. The van der Waals surface area contributed by atoms with Crippen LogP contribution in [-0.4, -0.2) is 66.1 Å². The lowest BCUT2D eigenvalue weighted by atomic mass is 9.82. The third-order valence-electron chi connectivity index (χ3n) is 11.3. The Balaban J connectivity index is 1.25. The van der Waals surface area contributed by atoms with Gasteiger partial charge in [0.1, 0.15) is 0 Å². The van der Waals surface area contributed by atoms with Crippen molar-refractivity contribution < 1.29 is 29.0 Å². The van der Waals surface area contributed by atoms with Gasteiger partial charge in [-0.25, -0.2) is 0 Å². The first-order valence-electron chi connectivity index (χ1n) is 17.2. The summed E-state index contributed by atoms with van der Waals surface area (Å²) in [6.07, 6.45) is 0.862. The number of aliphatic hydroxyl groups excluding tert-OH is 1. The number of nitrogens with zero attached hydrogens (tertiary/aromatic N) is 3. The van der Waals surface area contributed by atoms with Crippen LogP contribution < -0.4 is 9.80 Å². The van der Waals surface area contributed by atoms with Gasteiger partial charge < -0.3 is 24.4 Å². The fourth-order valence-corrected chi connectivity index (χ4v) is 11.7. The van der Waals surface area contributed by atoms with Crippen LogP contribution in [0.2, 0.25) is 18.6 Å². The maximum absolute atomic E-state index is 15.0. The fourth-order valence-electron chi connectivity index (χ4n) is 9.14. The molecule has 0 saturated carbocycles. The third kappa shape index (κ3) is 4.80. The minimum atomic E-state index is -3.03. The van der Waals surface area contributed by atoms with Crippen LogP contribution in [0.25, 0.3) is 10.8 Å². The molecule has 4 aliphatic heterocycles. The molecule has 49 heavy (non-hydrogen) atoms. The van der Waals surface area contributed by atoms with Crippen LogP contribution in [0.1, 0.15) is 47.7 Å². The van der Waals surface area contributed by atoms with E-state index in [9.17, 15) is 19.5 Å². The zero-order valence-electron chi connectivity index (χ0n) is 28.0. The largest absolute Gasteiger partial charge is 0.432 e. The quantitative estimate of drug-likeness (QED) is 0.238. The van der Waals surface area contributed by atoms with Gasteiger partial charge in [0.05, 0.1) is 48.7 Å². The second kappa shape index (κ2) is 11.6. The van der Waals surface area contributed by atoms with Gasteiger partial charge in [0.2, 0.25) is 5.91 Å². The van der Waals surface area contributed by atoms with Crippen LogP contribution in [0.5, 0.6) is 0 Å². The van der Waals surface area contributed by atoms with Gasteiger partial charge in [-0.2, -0.15) is 0 Å². The number of carbonyl (C=O) groups excluding carboxylic acids is 3. The first-order chi connectivity index (χ1) is 23.5. The van der Waals surface area contributed by atoms with Crippen LogP contribution in [0, 0.1) is 5.92 Å². The zero-order chi connectivity index (χ0) is 34.2. The Hall–Kier alpha value is -4.35. The average molecular weight is 676 g/mol. The molecular formula is C39H41N3O6Si. The van der Waals surface area contributed by atoms with E-state index in [1.54, 1.807) is 14.7 Å². The molecule has 2 saturated heterocycles. The summed E-state index contributed by atoms with van der Waals surface area (Å²) < 4.78 is 7.00. The smallest absolute Gasteiger partial charge is 0.264 e. The molecule has 252 valence electrons. The molecular weight excluding hydrogens is 635 g/mol. The lowest BCUT2D eigenvalue weighted by Crippen LogP contribution is -2.46. The number of ether oxygens (including phenoxy) is 1. The van der Waals surface area contributed by atoms with Crippen molar-refractivity contribution in [2.45, 2.75) is 69.1 Å². The van der Waals surface area contributed by atoms with Crippen molar-refractivity contribution in [3.63, 3.8) is 0 Å². The van der Waals surface area contributed by atoms with Gasteiger partial charge >= 0.3 is 0 Å². The molecule has 5 atom stereocenters. The van der Waals surface area contributed by atoms with Crippen molar-refractivity contribution in [1.29, 1.82) is 0 Å². The summed E-state index contributed by atoms with van der Waals surface area (Å²) >= 11 is 0. The van der Waals surface area contributed by atoms with Gasteiger partial charge in [0.15, 0.2) is 13.9 Å². The summed E-state index contributed by atoms with van der Waals surface area (Å²) in [7, 11) is -3.03. The van der Waals surface area contributed by atoms with Gasteiger partial charge in [-0.3, -0.25) is 19.3 Å². The van der Waals surface area contributed by atoms with Gasteiger partial charge in [0.25, 0.3) is 11.8 Å². The summed E-state index contributed by atoms with van der Waals surface area (Å²) in [6.45, 7) is 6.44. The van der Waals surface area contributed by atoms with Gasteiger partial charge in [-0.1, -0.05) is 61.5 Å². The number of hydrogen-bond acceptors (Lipinski definition) is 6. The molecule has 4 aromatic carbocycles. The molecule has 0 bridgehead atoms. The number of rotatable bonds is 7. The van der Waals surface area contributed by atoms with E-state index in [-0.39, 0.29) is 36.8 Å². The zero-order valence-corrected chi connectivity index (χ0v) is 29.0. The maximum atomic E-state index is 15.0. The van der Waals surface area contributed by atoms with Gasteiger partial charge in [-0.15, -0.1) is 0 Å². The molecule has 10 heteroatoms. The highest BCUT2D eigenvalue weighted by Gasteiger charge is 2.66. The van der Waals surface area contributed by atoms with Crippen LogP contribution in [-0.2, 0) is 26.5 Å². The van der Waals surface area contributed by atoms with E-state index in [2.05, 4.69) is 0 Å². The minimum absolute atomic E-state index is 0.00710. The molecule has 0 aromatic heterocycles. The number of anilines is 3. The van der Waals surface area contributed by atoms with Crippen molar-refractivity contribution in [2.75, 3.05) is 23.0 Å². The predicted molar refractivity (Wildman–Crippen MR) is 190 cm³/mol. The van der Waals surface area contributed by atoms with E-state index >= 15 is 4.79 Å². The standard InChI is InChI=1S/C39H41N3O6Si/c1-24-36(49(2,3)47)33(21-34(44)40-19-9-14-28(40)23-43)48-39(24)30-20-27(17-18-31(30)41(38(39)46)22-25-10-5-4-6-11-25)42-32-16-8-13-26-12-7-15-29(35(26)32)37(42)45/h4-8,10-13,15-18,20,24,28,33,36,43,47H,9,14,19,21-23H2,1-3H3/t24-,28-,33+,36-,39+/m0/s1. The second-order valence-corrected chi connectivity index (χ2v) is 18.5. The van der Waals surface area contributed by atoms with E-state index in [1.165, 1.54) is 0 Å². The molecule has 4 aromatic rings. The Morgan fingerprint density at radius 2 is 1.73 bits per heavy atom. The average Bonchev–Trinajstić information content (AvgIpc) is 3.82. The second-order valence-electron chi connectivity index (χ2n) is 14.5. The van der Waals surface area contributed by atoms with E-state index in [1.807, 2.05) is 105 Å². The highest BCUT2D eigenvalue weighted by Crippen LogP contribution is 2.60. The lowest BCUT2D eigenvalue weighted by molar-refractivity contribution is -0.150. The molecule has 2 fully saturated rings. The monoisotopic (exact) mass is 675 g/mol. The van der Waals surface area contributed by atoms with E-state index in [4.69, 9.17) is 4.74 Å². The number of amides is 3. The number of fused-ring (bicyclic) bond motifs is 2. The Bertz CT molecular complexity index is 1990. The third-order valence-corrected chi connectivity index (χ3v) is 13.8. The Morgan fingerprint density at radius 3 is 2.47 bits per heavy atom. The summed E-state index contributed by atoms with van der Waals surface area (Å²) in [4.78, 5) is 59.7. The van der Waals surface area contributed by atoms with E-state index in [0.717, 1.165) is 34.9 Å². The van der Waals surface area contributed by atoms with Gasteiger partial charge in [-0.05, 0) is 67.2 Å². The van der Waals surface area contributed by atoms with Crippen molar-refractivity contribution in [3.05, 3.63) is 102 Å². The molecule has 4 heterocycles. The number of carbonyl (C=O) groups is 3. The molecule has 1 spiro atoms. The molecule has 9 nitrogen and oxygen atoms in total. The van der Waals surface area contributed by atoms with Crippen molar-refractivity contribution in [2.24, 2.45) is 5.92 Å². The minimum Gasteiger partial charge on any atom is -0.432 e. The van der Waals surface area contributed by atoms with Crippen LogP contribution in [0.4, 0.5) is 17.1 Å². The summed E-state index contributed by atoms with van der Waals surface area (Å²) in [6, 6.07) is 26.9. The highest BCUT2D eigenvalue weighted by atomic mass is 28.4. The van der Waals surface area contributed by atoms with E-state index in [0.29, 0.717) is 35.6 Å². The van der Waals surface area contributed by atoms with E-state index < -0.39 is 31.5 Å². The van der Waals surface area contributed by atoms with Crippen LogP contribution >= 0.6 is 0 Å². The highest BCUT2D eigenvalue weighted by molar-refractivity contribution is 6.71. The molecule has 3 amide bonds. The molecule has 0 radical (unpaired) electrons. The normalized spacial score (nSPS) is 26.1. The topological polar surface area (TPSA) is 111 Å². The molecule has 0 aliphatic carbocycles. The molecule has 0 unspecified atom stereocenters. The Kier molecular flexibility index (Phi) is 7.56. The van der Waals surface area contributed by atoms with Gasteiger partial charge in [0, 0.05) is 34.6 Å². The van der Waals surface area contributed by atoms with Crippen molar-refractivity contribution >= 4 is 53.9 Å². The van der Waals surface area contributed by atoms with Crippen LogP contribution in [0.3, 0.4) is 0 Å². The van der Waals surface area contributed by atoms with Crippen molar-refractivity contribution in [1.82, 2.24) is 4.90 Å². The summed E-state index contributed by atoms with van der Waals surface area (Å²) in [5.41, 5.74) is 2.40. The number of benzene rings is 4. The SMILES string of the molecule is C[C@H]1[C@H]([Si](C)(C)O)[C@@H](CC(=O)N2CCC[C@H]2CO)O[C@]12C(=O)N(Cc1ccccc1)c1ccc(N3C(=O)c4cccc5cccc3c45)cc12. The number of likely N-dealkylation sites (tertiary alicyclic amines) is 1. The number of hydrogen-bond donors (Lipinski definition) is 2. The fraction of sp³-hybridized carbons (Fsp3) is 0.359. The molecule has 2 N–H and O–H groups in total. The maximum Gasteiger partial charge on any atom is 0.264 e. The first-order valence-corrected chi connectivity index (χ1v) is 20.2. The van der Waals surface area contributed by atoms with Crippen LogP contribution in [0.15, 0.2) is 84.9 Å². The number of aliphatic hydroxyl groups is 1. The predicted octanol–water partition coefficient (Wildman–Crippen LogP) is 5.85. The Morgan fingerprint density at radius 1 is 0.980 bits per heavy atom. The Labute approximate surface area is 286 Å². The lowest BCUT2D eigenvalue weighted by Gasteiger charge is -2.33. The molecule has 8 rings (SSSR count). The molecule has 4 aliphatic rings. The summed E-state index contributed by atoms with van der Waals surface area (Å²) in [5.74, 6) is -0.979.